The number of likely N-dealkylation sites (tertiary alicyclic amines) is 2. The molecule has 5 heterocycles. The third kappa shape index (κ3) is 8.20. The van der Waals surface area contributed by atoms with Crippen molar-refractivity contribution in [1.29, 1.82) is 0 Å². The quantitative estimate of drug-likeness (QED) is 0.0832. The van der Waals surface area contributed by atoms with Crippen LogP contribution in [0.2, 0.25) is 0 Å². The Morgan fingerprint density at radius 1 is 0.569 bits per heavy atom. The van der Waals surface area contributed by atoms with Crippen molar-refractivity contribution in [2.24, 2.45) is 11.5 Å². The van der Waals surface area contributed by atoms with Crippen LogP contribution < -0.4 is 16.4 Å². The van der Waals surface area contributed by atoms with E-state index in [0.717, 1.165) is 109 Å². The molecule has 7 aromatic rings. The number of nitrogens with zero attached hydrogens (tertiary/aromatic N) is 5. The largest absolute Gasteiger partial charge is 0.357 e. The van der Waals surface area contributed by atoms with Gasteiger partial charge in [0.15, 0.2) is 0 Å². The number of fused-ring (bicyclic) bond motifs is 2. The molecule has 11 heteroatoms. The van der Waals surface area contributed by atoms with Gasteiger partial charge >= 0.3 is 0 Å². The van der Waals surface area contributed by atoms with Gasteiger partial charge in [0.2, 0.25) is 0 Å². The number of hydrogen-bond acceptors (Lipinski definition) is 9. The predicted octanol–water partition coefficient (Wildman–Crippen LogP) is 9.20. The van der Waals surface area contributed by atoms with Crippen molar-refractivity contribution in [3.8, 4) is 0 Å². The fourth-order valence-electron chi connectivity index (χ4n) is 11.0. The third-order valence-corrected chi connectivity index (χ3v) is 14.6. The summed E-state index contributed by atoms with van der Waals surface area (Å²) in [5.41, 5.74) is 21.9. The first kappa shape index (κ1) is 42.9. The van der Waals surface area contributed by atoms with E-state index in [1.807, 2.05) is 60.7 Å². The lowest BCUT2D eigenvalue weighted by Gasteiger charge is -2.34. The maximum atomic E-state index is 12.5. The second-order valence-corrected chi connectivity index (χ2v) is 19.9. The molecule has 0 aliphatic carbocycles. The van der Waals surface area contributed by atoms with Crippen LogP contribution in [0.3, 0.4) is 0 Å². The zero-order valence-corrected chi connectivity index (χ0v) is 37.8. The Bertz CT molecular complexity index is 2630. The first-order valence-corrected chi connectivity index (χ1v) is 23.4. The van der Waals surface area contributed by atoms with Gasteiger partial charge in [-0.05, 0) is 121 Å². The lowest BCUT2D eigenvalue weighted by molar-refractivity contribution is -0.114. The normalized spacial score (nSPS) is 22.7. The minimum Gasteiger partial charge on any atom is -0.357 e. The second-order valence-electron chi connectivity index (χ2n) is 19.9. The van der Waals surface area contributed by atoms with E-state index in [2.05, 4.69) is 106 Å². The number of hydrogen-bond donors (Lipinski definition) is 4. The monoisotopic (exact) mass is 867 g/mol. The summed E-state index contributed by atoms with van der Waals surface area (Å²) in [6.07, 6.45) is 7.67. The number of carbonyl (C=O) groups excluding carboxylic acids is 2. The molecule has 10 rings (SSSR count). The molecule has 0 saturated carbocycles. The summed E-state index contributed by atoms with van der Waals surface area (Å²) in [6.45, 7) is 9.34. The van der Waals surface area contributed by atoms with Crippen LogP contribution in [-0.2, 0) is 26.1 Å². The maximum Gasteiger partial charge on any atom is 0.145 e. The molecule has 3 saturated heterocycles. The molecular formula is C54H61N9O2. The molecular weight excluding hydrogens is 807 g/mol. The van der Waals surface area contributed by atoms with Crippen LogP contribution in [0.1, 0.15) is 123 Å². The summed E-state index contributed by atoms with van der Waals surface area (Å²) in [5, 5.41) is 0. The Kier molecular flexibility index (Phi) is 11.3. The van der Waals surface area contributed by atoms with Gasteiger partial charge in [-0.3, -0.25) is 9.80 Å². The van der Waals surface area contributed by atoms with E-state index < -0.39 is 11.1 Å². The van der Waals surface area contributed by atoms with Crippen LogP contribution in [0.15, 0.2) is 121 Å². The lowest BCUT2D eigenvalue weighted by atomic mass is 9.87. The molecule has 0 radical (unpaired) electrons. The summed E-state index contributed by atoms with van der Waals surface area (Å²) >= 11 is 0. The van der Waals surface area contributed by atoms with Crippen LogP contribution >= 0.6 is 0 Å². The van der Waals surface area contributed by atoms with Crippen molar-refractivity contribution >= 4 is 40.3 Å². The van der Waals surface area contributed by atoms with E-state index in [9.17, 15) is 9.59 Å². The predicted molar refractivity (Wildman–Crippen MR) is 258 cm³/mol. The number of carbonyl (C=O) groups is 2. The van der Waals surface area contributed by atoms with Gasteiger partial charge in [0.1, 0.15) is 35.3 Å². The van der Waals surface area contributed by atoms with Gasteiger partial charge in [0.05, 0.1) is 46.2 Å². The van der Waals surface area contributed by atoms with Gasteiger partial charge in [-0.1, -0.05) is 106 Å². The number of benzene rings is 5. The molecule has 5 aromatic carbocycles. The summed E-state index contributed by atoms with van der Waals surface area (Å²) in [6, 6.07) is 42.3. The van der Waals surface area contributed by atoms with Crippen LogP contribution in [0, 0.1) is 0 Å². The summed E-state index contributed by atoms with van der Waals surface area (Å²) < 4.78 is 0. The molecule has 65 heavy (non-hydrogen) atoms. The number of H-pyrrole nitrogens is 2. The summed E-state index contributed by atoms with van der Waals surface area (Å²) in [4.78, 5) is 50.0. The Morgan fingerprint density at radius 3 is 1.43 bits per heavy atom. The average molecular weight is 868 g/mol. The summed E-state index contributed by atoms with van der Waals surface area (Å²) in [7, 11) is 0. The highest BCUT2D eigenvalue weighted by Gasteiger charge is 2.40. The number of nitrogens with one attached hydrogen (secondary N) is 2. The minimum absolute atomic E-state index is 0.0401. The van der Waals surface area contributed by atoms with Crippen LogP contribution in [0.5, 0.6) is 0 Å². The Hall–Kier alpha value is -5.98. The first-order valence-electron chi connectivity index (χ1n) is 23.4. The highest BCUT2D eigenvalue weighted by molar-refractivity contribution is 5.78. The Morgan fingerprint density at radius 2 is 1.02 bits per heavy atom. The number of aromatic nitrogens is 4. The summed E-state index contributed by atoms with van der Waals surface area (Å²) in [5.74, 6) is 1.84. The number of imidazole rings is 2. The van der Waals surface area contributed by atoms with Crippen molar-refractivity contribution in [2.75, 3.05) is 31.1 Å². The molecule has 0 bridgehead atoms. The van der Waals surface area contributed by atoms with Gasteiger partial charge in [0.25, 0.3) is 0 Å². The zero-order valence-electron chi connectivity index (χ0n) is 37.8. The number of rotatable bonds is 13. The van der Waals surface area contributed by atoms with E-state index in [1.165, 1.54) is 22.4 Å². The Labute approximate surface area is 381 Å². The van der Waals surface area contributed by atoms with E-state index in [0.29, 0.717) is 13.1 Å². The molecule has 6 atom stereocenters. The number of anilines is 1. The van der Waals surface area contributed by atoms with E-state index in [-0.39, 0.29) is 29.6 Å². The van der Waals surface area contributed by atoms with Gasteiger partial charge in [-0.2, -0.15) is 0 Å². The maximum absolute atomic E-state index is 12.5. The molecule has 11 nitrogen and oxygen atoms in total. The standard InChI is InChI=1S/C54H61N9O2/c1-52(2,3)38-20-22-41(23-21-38)63-46(36-18-24-42-44(30-36)59-50(57-42)48-16-10-28-61(48)32-53(55,34-64)39-12-6-4-7-13-39)26-27-47(63)37-19-25-43-45(31-37)60-51(58-43)49-17-11-29-62(49)33-54(56,35-65)40-14-8-5-9-15-40/h4-9,12-15,18-25,30-31,34-35,46-49H,10-11,16-17,26-29,32-33,55-56H2,1-3H3,(H,57,59)(H,58,60)/t46-,47-,48+,49+,53-,54?/m1/s1. The van der Waals surface area contributed by atoms with Gasteiger partial charge < -0.3 is 35.9 Å². The molecule has 3 aliphatic heterocycles. The minimum atomic E-state index is -1.10. The van der Waals surface area contributed by atoms with Crippen LogP contribution in [-0.4, -0.2) is 68.5 Å². The smallest absolute Gasteiger partial charge is 0.145 e. The van der Waals surface area contributed by atoms with Crippen LogP contribution in [0.25, 0.3) is 22.1 Å². The highest BCUT2D eigenvalue weighted by atomic mass is 16.1. The molecule has 3 aliphatic rings. The van der Waals surface area contributed by atoms with Crippen LogP contribution in [0.4, 0.5) is 5.69 Å². The van der Waals surface area contributed by atoms with Gasteiger partial charge in [-0.15, -0.1) is 0 Å². The van der Waals surface area contributed by atoms with Crippen molar-refractivity contribution in [2.45, 2.75) is 100.0 Å². The SMILES string of the molecule is CC(C)(C)c1ccc(N2[C@@H](c3ccc4[nH]c([C@@H]5CCCN5CC(N)(C=O)c5ccccc5)nc4c3)CC[C@@H]2c2ccc3[nH]c([C@@H]4CCCN4C[C@@](N)(C=O)c4ccccc4)nc3c2)cc1. The van der Waals surface area contributed by atoms with Gasteiger partial charge in [-0.25, -0.2) is 9.97 Å². The fourth-order valence-corrected chi connectivity index (χ4v) is 11.0. The van der Waals surface area contributed by atoms with Crippen molar-refractivity contribution < 1.29 is 9.59 Å². The van der Waals surface area contributed by atoms with E-state index >= 15 is 0 Å². The molecule has 2 aromatic heterocycles. The fraction of sp³-hybridized carbons (Fsp3) is 0.370. The molecule has 0 amide bonds. The molecule has 334 valence electrons. The van der Waals surface area contributed by atoms with Gasteiger partial charge in [0, 0.05) is 18.8 Å². The number of aromatic amines is 2. The molecule has 0 spiro atoms. The molecule has 1 unspecified atom stereocenters. The second kappa shape index (κ2) is 17.1. The topological polar surface area (TPSA) is 153 Å². The van der Waals surface area contributed by atoms with E-state index in [4.69, 9.17) is 21.4 Å². The van der Waals surface area contributed by atoms with Crippen molar-refractivity contribution in [1.82, 2.24) is 29.7 Å². The van der Waals surface area contributed by atoms with Crippen molar-refractivity contribution in [3.63, 3.8) is 0 Å². The first-order chi connectivity index (χ1) is 31.4. The Balaban J connectivity index is 0.937. The lowest BCUT2D eigenvalue weighted by Crippen LogP contribution is -2.49. The number of aldehydes is 2. The number of nitrogens with two attached hydrogens (primary N) is 2. The average Bonchev–Trinajstić information content (AvgIpc) is 4.19. The molecule has 6 N–H and O–H groups in total. The third-order valence-electron chi connectivity index (χ3n) is 14.6. The zero-order chi connectivity index (χ0) is 44.9. The van der Waals surface area contributed by atoms with Crippen molar-refractivity contribution in [3.05, 3.63) is 161 Å². The van der Waals surface area contributed by atoms with E-state index in [1.54, 1.807) is 0 Å². The highest BCUT2D eigenvalue weighted by Crippen LogP contribution is 2.48. The molecule has 3 fully saturated rings.